The highest BCUT2D eigenvalue weighted by atomic mass is 35.5. The van der Waals surface area contributed by atoms with Crippen LogP contribution in [0.2, 0.25) is 10.0 Å². The molecule has 9 heteroatoms. The van der Waals surface area contributed by atoms with E-state index in [0.717, 1.165) is 11.1 Å². The SMILES string of the molecule is CCOc1cc(/C=N\NC(=O)C(=O)Nc2cccc(C)c2)ccc1OCc1ccc(Cl)c(Cl)c1. The summed E-state index contributed by atoms with van der Waals surface area (Å²) in [5, 5.41) is 7.31. The lowest BCUT2D eigenvalue weighted by molar-refractivity contribution is -0.136. The van der Waals surface area contributed by atoms with Crippen LogP contribution in [0.5, 0.6) is 11.5 Å². The molecule has 0 aromatic heterocycles. The molecule has 34 heavy (non-hydrogen) atoms. The van der Waals surface area contributed by atoms with Crippen LogP contribution in [0.15, 0.2) is 65.8 Å². The van der Waals surface area contributed by atoms with Gasteiger partial charge in [0.05, 0.1) is 22.9 Å². The fourth-order valence-corrected chi connectivity index (χ4v) is 3.23. The predicted octanol–water partition coefficient (Wildman–Crippen LogP) is 5.37. The van der Waals surface area contributed by atoms with Crippen LogP contribution in [0.1, 0.15) is 23.6 Å². The molecule has 3 aromatic carbocycles. The van der Waals surface area contributed by atoms with Crippen molar-refractivity contribution in [2.45, 2.75) is 20.5 Å². The average molecular weight is 500 g/mol. The second kappa shape index (κ2) is 12.1. The van der Waals surface area contributed by atoms with Crippen molar-refractivity contribution in [3.05, 3.63) is 87.4 Å². The van der Waals surface area contributed by atoms with Gasteiger partial charge in [0.2, 0.25) is 0 Å². The first kappa shape index (κ1) is 25.1. The van der Waals surface area contributed by atoms with Gasteiger partial charge in [-0.15, -0.1) is 0 Å². The summed E-state index contributed by atoms with van der Waals surface area (Å²) in [4.78, 5) is 24.0. The Labute approximate surface area is 207 Å². The summed E-state index contributed by atoms with van der Waals surface area (Å²) in [5.74, 6) is -0.658. The summed E-state index contributed by atoms with van der Waals surface area (Å²) in [6.45, 7) is 4.45. The summed E-state index contributed by atoms with van der Waals surface area (Å²) in [7, 11) is 0. The second-order valence-electron chi connectivity index (χ2n) is 7.20. The van der Waals surface area contributed by atoms with Crippen molar-refractivity contribution in [1.29, 1.82) is 0 Å². The van der Waals surface area contributed by atoms with Crippen LogP contribution >= 0.6 is 23.2 Å². The monoisotopic (exact) mass is 499 g/mol. The lowest BCUT2D eigenvalue weighted by atomic mass is 10.2. The van der Waals surface area contributed by atoms with Gasteiger partial charge in [-0.25, -0.2) is 5.43 Å². The van der Waals surface area contributed by atoms with Crippen LogP contribution < -0.4 is 20.2 Å². The first-order valence-electron chi connectivity index (χ1n) is 10.4. The van der Waals surface area contributed by atoms with Gasteiger partial charge in [0.1, 0.15) is 6.61 Å². The Morgan fingerprint density at radius 1 is 0.941 bits per heavy atom. The van der Waals surface area contributed by atoms with Gasteiger partial charge in [-0.05, 0) is 73.0 Å². The van der Waals surface area contributed by atoms with E-state index in [4.69, 9.17) is 32.7 Å². The Morgan fingerprint density at radius 2 is 1.76 bits per heavy atom. The minimum Gasteiger partial charge on any atom is -0.490 e. The van der Waals surface area contributed by atoms with Crippen LogP contribution in [0.25, 0.3) is 0 Å². The Morgan fingerprint density at radius 3 is 2.50 bits per heavy atom. The van der Waals surface area contributed by atoms with Crippen molar-refractivity contribution in [2.24, 2.45) is 5.10 Å². The molecule has 0 heterocycles. The van der Waals surface area contributed by atoms with Crippen LogP contribution in [-0.4, -0.2) is 24.6 Å². The molecule has 0 atom stereocenters. The number of rotatable bonds is 8. The van der Waals surface area contributed by atoms with Gasteiger partial charge in [-0.3, -0.25) is 9.59 Å². The number of amides is 2. The number of anilines is 1. The number of nitrogens with zero attached hydrogens (tertiary/aromatic N) is 1. The molecule has 3 rings (SSSR count). The van der Waals surface area contributed by atoms with Gasteiger partial charge in [-0.1, -0.05) is 41.4 Å². The largest absolute Gasteiger partial charge is 0.490 e. The van der Waals surface area contributed by atoms with E-state index in [1.807, 2.05) is 26.0 Å². The lowest BCUT2D eigenvalue weighted by Gasteiger charge is -2.13. The highest BCUT2D eigenvalue weighted by Gasteiger charge is 2.13. The van der Waals surface area contributed by atoms with Crippen molar-refractivity contribution < 1.29 is 19.1 Å². The first-order valence-corrected chi connectivity index (χ1v) is 11.2. The van der Waals surface area contributed by atoms with Crippen LogP contribution in [-0.2, 0) is 16.2 Å². The Hall–Kier alpha value is -3.55. The number of nitrogens with one attached hydrogen (secondary N) is 2. The maximum Gasteiger partial charge on any atom is 0.329 e. The number of hydrogen-bond acceptors (Lipinski definition) is 5. The number of aryl methyl sites for hydroxylation is 1. The maximum absolute atomic E-state index is 12.0. The molecule has 3 aromatic rings. The fourth-order valence-electron chi connectivity index (χ4n) is 2.91. The molecule has 2 amide bonds. The quantitative estimate of drug-likeness (QED) is 0.247. The smallest absolute Gasteiger partial charge is 0.329 e. The summed E-state index contributed by atoms with van der Waals surface area (Å²) >= 11 is 12.0. The molecule has 0 saturated heterocycles. The Bertz CT molecular complexity index is 1210. The zero-order chi connectivity index (χ0) is 24.5. The molecule has 0 fully saturated rings. The normalized spacial score (nSPS) is 10.7. The third-order valence-corrected chi connectivity index (χ3v) is 5.25. The van der Waals surface area contributed by atoms with E-state index in [1.54, 1.807) is 48.5 Å². The highest BCUT2D eigenvalue weighted by molar-refractivity contribution is 6.42. The summed E-state index contributed by atoms with van der Waals surface area (Å²) in [5.41, 5.74) is 5.20. The fraction of sp³-hybridized carbons (Fsp3) is 0.160. The van der Waals surface area contributed by atoms with E-state index < -0.39 is 11.8 Å². The van der Waals surface area contributed by atoms with E-state index >= 15 is 0 Å². The van der Waals surface area contributed by atoms with E-state index in [1.165, 1.54) is 6.21 Å². The standard InChI is InChI=1S/C25H23Cl2N3O4/c1-3-33-23-13-17(8-10-22(23)34-15-18-7-9-20(26)21(27)12-18)14-28-30-25(32)24(31)29-19-6-4-5-16(2)11-19/h4-14H,3,15H2,1-2H3,(H,29,31)(H,30,32)/b28-14-. The summed E-state index contributed by atoms with van der Waals surface area (Å²) in [6, 6.07) is 17.6. The molecule has 2 N–H and O–H groups in total. The van der Waals surface area contributed by atoms with E-state index in [-0.39, 0.29) is 6.61 Å². The lowest BCUT2D eigenvalue weighted by Crippen LogP contribution is -2.32. The molecule has 0 aliphatic heterocycles. The van der Waals surface area contributed by atoms with Gasteiger partial charge >= 0.3 is 11.8 Å². The van der Waals surface area contributed by atoms with Crippen molar-refractivity contribution in [3.63, 3.8) is 0 Å². The number of carbonyl (C=O) groups is 2. The summed E-state index contributed by atoms with van der Waals surface area (Å²) < 4.78 is 11.5. The minimum atomic E-state index is -0.885. The van der Waals surface area contributed by atoms with Gasteiger partial charge in [0.15, 0.2) is 11.5 Å². The molecule has 0 saturated carbocycles. The van der Waals surface area contributed by atoms with Gasteiger partial charge < -0.3 is 14.8 Å². The van der Waals surface area contributed by atoms with Crippen molar-refractivity contribution in [3.8, 4) is 11.5 Å². The number of hydrogen-bond donors (Lipinski definition) is 2. The number of hydrazone groups is 1. The Kier molecular flexibility index (Phi) is 8.90. The summed E-state index contributed by atoms with van der Waals surface area (Å²) in [6.07, 6.45) is 1.41. The highest BCUT2D eigenvalue weighted by Crippen LogP contribution is 2.30. The zero-order valence-corrected chi connectivity index (χ0v) is 20.1. The zero-order valence-electron chi connectivity index (χ0n) is 18.6. The van der Waals surface area contributed by atoms with E-state index in [0.29, 0.717) is 39.4 Å². The molecule has 0 unspecified atom stereocenters. The van der Waals surface area contributed by atoms with Crippen LogP contribution in [0.3, 0.4) is 0 Å². The predicted molar refractivity (Wildman–Crippen MR) is 134 cm³/mol. The minimum absolute atomic E-state index is 0.274. The van der Waals surface area contributed by atoms with Crippen molar-refractivity contribution >= 4 is 46.9 Å². The molecule has 176 valence electrons. The van der Waals surface area contributed by atoms with Crippen molar-refractivity contribution in [2.75, 3.05) is 11.9 Å². The molecule has 7 nitrogen and oxygen atoms in total. The maximum atomic E-state index is 12.0. The molecular weight excluding hydrogens is 477 g/mol. The number of benzene rings is 3. The van der Waals surface area contributed by atoms with Crippen LogP contribution in [0.4, 0.5) is 5.69 Å². The first-order chi connectivity index (χ1) is 16.4. The van der Waals surface area contributed by atoms with E-state index in [9.17, 15) is 9.59 Å². The third kappa shape index (κ3) is 7.23. The molecule has 0 aliphatic carbocycles. The van der Waals surface area contributed by atoms with Gasteiger partial charge in [0.25, 0.3) is 0 Å². The third-order valence-electron chi connectivity index (χ3n) is 4.51. The number of carbonyl (C=O) groups excluding carboxylic acids is 2. The van der Waals surface area contributed by atoms with Crippen LogP contribution in [0, 0.1) is 6.92 Å². The molecule has 0 aliphatic rings. The Balaban J connectivity index is 1.60. The molecule has 0 bridgehead atoms. The van der Waals surface area contributed by atoms with E-state index in [2.05, 4.69) is 15.8 Å². The average Bonchev–Trinajstić information content (AvgIpc) is 2.81. The molecule has 0 radical (unpaired) electrons. The number of ether oxygens (including phenoxy) is 2. The van der Waals surface area contributed by atoms with Gasteiger partial charge in [-0.2, -0.15) is 5.10 Å². The topological polar surface area (TPSA) is 89.0 Å². The molecular formula is C25H23Cl2N3O4. The number of halogens is 2. The van der Waals surface area contributed by atoms with Gasteiger partial charge in [0, 0.05) is 5.69 Å². The second-order valence-corrected chi connectivity index (χ2v) is 8.01. The van der Waals surface area contributed by atoms with Crippen molar-refractivity contribution in [1.82, 2.24) is 5.43 Å². The molecule has 0 spiro atoms.